The number of ether oxygens (including phenoxy) is 2. The molecule has 5 aliphatic rings. The molecule has 9 rings (SSSR count). The van der Waals surface area contributed by atoms with E-state index in [1.165, 1.54) is 11.1 Å². The second kappa shape index (κ2) is 24.8. The Labute approximate surface area is 449 Å². The summed E-state index contributed by atoms with van der Waals surface area (Å²) in [5.74, 6) is -2.09. The van der Waals surface area contributed by atoms with Crippen LogP contribution in [0.1, 0.15) is 131 Å². The van der Waals surface area contributed by atoms with Crippen molar-refractivity contribution in [2.45, 2.75) is 185 Å². The van der Waals surface area contributed by atoms with E-state index in [0.717, 1.165) is 49.7 Å². The summed E-state index contributed by atoms with van der Waals surface area (Å²) in [6.45, 7) is 8.30. The number of nitrogens with one attached hydrogen (secondary N) is 6. The minimum atomic E-state index is -1.15. The van der Waals surface area contributed by atoms with Crippen LogP contribution in [0.15, 0.2) is 48.5 Å². The van der Waals surface area contributed by atoms with Crippen LogP contribution in [-0.4, -0.2) is 151 Å². The molecular weight excluding hydrogens is 985 g/mol. The normalized spacial score (nSPS) is 22.2. The Morgan fingerprint density at radius 1 is 0.558 bits per heavy atom. The molecule has 22 heteroatoms. The van der Waals surface area contributed by atoms with Gasteiger partial charge in [-0.15, -0.1) is 10.2 Å². The monoisotopic (exact) mass is 1060 g/mol. The molecule has 0 bridgehead atoms. The molecule has 5 heterocycles. The standard InChI is InChI=1S/C55H76N14O8/c1-32(56-5)50(70)60-46(54(74)66-26-13-24-44(66)52(72)58-40-22-11-18-36-16-7-9-20-38(36)40)34(3)76-30-42-48-49-43(63-65-69(49)29-15-28-68(48)64-62-42)31-77-35(4)47(61-51(71)33(2)57-6)55(75)67-27-14-25-45(67)53(73)59-41-23-12-19-37-17-8-10-21-39(37)41/h7-10,16-17,20-21,32-35,40-41,44-47,56-57H,11-15,18-19,22-31H2,1-6H3,(H,58,72)(H,59,73)(H,60,70)(H,61,71)/t32-,33-,34+,35+,40+,41+,44-,45-,46-,47?/m0/s1. The van der Waals surface area contributed by atoms with Gasteiger partial charge in [-0.2, -0.15) is 0 Å². The van der Waals surface area contributed by atoms with Gasteiger partial charge in [0.05, 0.1) is 49.6 Å². The molecule has 2 aromatic heterocycles. The SMILES string of the molecule is CN[C@@H](C)C(=O)NC(C(=O)N1CCC[C@H]1C(=O)N[C@@H]1CCCc2ccccc21)[C@@H](C)OCc1nnn2c1-c1c(CO[C@H](C)[C@H](NC(=O)[C@H](C)NC)C(=O)N3CCC[C@H]3C(=O)N[C@@H]3CCCc4ccccc43)nnn1CCC2. The molecule has 10 atom stereocenters. The van der Waals surface area contributed by atoms with Crippen molar-refractivity contribution in [3.05, 3.63) is 82.2 Å². The van der Waals surface area contributed by atoms with Crippen LogP contribution in [-0.2, 0) is 77.4 Å². The van der Waals surface area contributed by atoms with Gasteiger partial charge in [0.15, 0.2) is 0 Å². The van der Waals surface area contributed by atoms with Gasteiger partial charge >= 0.3 is 0 Å². The van der Waals surface area contributed by atoms with Crippen molar-refractivity contribution in [2.24, 2.45) is 0 Å². The van der Waals surface area contributed by atoms with Gasteiger partial charge in [0.25, 0.3) is 0 Å². The zero-order valence-corrected chi connectivity index (χ0v) is 45.3. The number of hydrogen-bond acceptors (Lipinski definition) is 14. The number of rotatable bonds is 20. The maximum atomic E-state index is 14.7. The molecule has 2 fully saturated rings. The first kappa shape index (κ1) is 55.1. The minimum Gasteiger partial charge on any atom is -0.369 e. The lowest BCUT2D eigenvalue weighted by Crippen LogP contribution is -2.59. The molecule has 0 saturated carbocycles. The Morgan fingerprint density at radius 3 is 1.39 bits per heavy atom. The van der Waals surface area contributed by atoms with Gasteiger partial charge in [-0.05, 0) is 135 Å². The predicted molar refractivity (Wildman–Crippen MR) is 283 cm³/mol. The number of amides is 6. The van der Waals surface area contributed by atoms with E-state index >= 15 is 0 Å². The minimum absolute atomic E-state index is 0.116. The van der Waals surface area contributed by atoms with Gasteiger partial charge in [0.2, 0.25) is 35.4 Å². The average Bonchev–Trinajstić information content (AvgIpc) is 4.28. The number of benzene rings is 2. The summed E-state index contributed by atoms with van der Waals surface area (Å²) in [7, 11) is 3.32. The fraction of sp³-hybridized carbons (Fsp3) is 0.600. The number of likely N-dealkylation sites (N-methyl/N-ethyl adjacent to an activating group) is 2. The second-order valence-corrected chi connectivity index (χ2v) is 21.3. The zero-order chi connectivity index (χ0) is 54.3. The van der Waals surface area contributed by atoms with Crippen LogP contribution in [0.4, 0.5) is 0 Å². The smallest absolute Gasteiger partial charge is 0.248 e. The van der Waals surface area contributed by atoms with Crippen LogP contribution < -0.4 is 31.9 Å². The summed E-state index contributed by atoms with van der Waals surface area (Å²) in [6.07, 6.45) is 6.54. The summed E-state index contributed by atoms with van der Waals surface area (Å²) < 4.78 is 16.5. The first-order chi connectivity index (χ1) is 37.3. The molecule has 2 aliphatic carbocycles. The van der Waals surface area contributed by atoms with Crippen LogP contribution in [0.2, 0.25) is 0 Å². The Morgan fingerprint density at radius 2 is 0.974 bits per heavy atom. The van der Waals surface area contributed by atoms with Crippen LogP contribution in [0.5, 0.6) is 0 Å². The summed E-state index contributed by atoms with van der Waals surface area (Å²) in [5.41, 5.74) is 6.67. The Hall–Kier alpha value is -6.62. The van der Waals surface area contributed by atoms with Crippen LogP contribution in [0.25, 0.3) is 11.4 Å². The molecule has 77 heavy (non-hydrogen) atoms. The Bertz CT molecular complexity index is 2600. The molecule has 0 spiro atoms. The van der Waals surface area contributed by atoms with E-state index < -0.39 is 72.1 Å². The van der Waals surface area contributed by atoms with Gasteiger partial charge in [-0.3, -0.25) is 28.8 Å². The first-order valence-corrected chi connectivity index (χ1v) is 27.7. The van der Waals surface area contributed by atoms with Crippen molar-refractivity contribution < 1.29 is 38.2 Å². The number of carbonyl (C=O) groups excluding carboxylic acids is 6. The number of nitrogens with zero attached hydrogens (tertiary/aromatic N) is 8. The van der Waals surface area contributed by atoms with Crippen molar-refractivity contribution in [3.8, 4) is 11.4 Å². The summed E-state index contributed by atoms with van der Waals surface area (Å²) >= 11 is 0. The molecular formula is C55H76N14O8. The molecule has 6 amide bonds. The van der Waals surface area contributed by atoms with E-state index in [1.54, 1.807) is 61.0 Å². The van der Waals surface area contributed by atoms with Crippen molar-refractivity contribution >= 4 is 35.4 Å². The molecule has 22 nitrogen and oxygen atoms in total. The molecule has 3 aliphatic heterocycles. The number of hydrogen-bond donors (Lipinski definition) is 6. The molecule has 6 N–H and O–H groups in total. The van der Waals surface area contributed by atoms with Crippen LogP contribution in [0, 0.1) is 0 Å². The van der Waals surface area contributed by atoms with Crippen LogP contribution in [0.3, 0.4) is 0 Å². The third-order valence-corrected chi connectivity index (χ3v) is 16.3. The largest absolute Gasteiger partial charge is 0.369 e. The number of fused-ring (bicyclic) bond motifs is 5. The van der Waals surface area contributed by atoms with Gasteiger partial charge < -0.3 is 51.2 Å². The fourth-order valence-electron chi connectivity index (χ4n) is 11.6. The average molecular weight is 1060 g/mol. The van der Waals surface area contributed by atoms with Crippen molar-refractivity contribution in [1.29, 1.82) is 0 Å². The number of aromatic nitrogens is 6. The van der Waals surface area contributed by atoms with E-state index in [4.69, 9.17) is 9.47 Å². The van der Waals surface area contributed by atoms with E-state index in [-0.39, 0.29) is 37.1 Å². The zero-order valence-electron chi connectivity index (χ0n) is 45.3. The topological polar surface area (TPSA) is 261 Å². The highest BCUT2D eigenvalue weighted by atomic mass is 16.5. The van der Waals surface area contributed by atoms with E-state index in [9.17, 15) is 28.8 Å². The highest BCUT2D eigenvalue weighted by molar-refractivity contribution is 5.95. The lowest BCUT2D eigenvalue weighted by atomic mass is 9.87. The number of likely N-dealkylation sites (tertiary alicyclic amines) is 2. The van der Waals surface area contributed by atoms with Gasteiger partial charge in [-0.1, -0.05) is 59.0 Å². The molecule has 2 saturated heterocycles. The van der Waals surface area contributed by atoms with Crippen molar-refractivity contribution in [2.75, 3.05) is 27.2 Å². The highest BCUT2D eigenvalue weighted by Crippen LogP contribution is 2.34. The second-order valence-electron chi connectivity index (χ2n) is 21.3. The van der Waals surface area contributed by atoms with Gasteiger partial charge in [0.1, 0.15) is 46.9 Å². The fourth-order valence-corrected chi connectivity index (χ4v) is 11.6. The van der Waals surface area contributed by atoms with E-state index in [0.29, 0.717) is 81.1 Å². The third-order valence-electron chi connectivity index (χ3n) is 16.3. The maximum Gasteiger partial charge on any atom is 0.248 e. The van der Waals surface area contributed by atoms with Crippen molar-refractivity contribution in [1.82, 2.24) is 71.7 Å². The first-order valence-electron chi connectivity index (χ1n) is 27.7. The lowest BCUT2D eigenvalue weighted by Gasteiger charge is -2.33. The molecule has 0 radical (unpaired) electrons. The summed E-state index contributed by atoms with van der Waals surface area (Å²) in [4.78, 5) is 87.7. The lowest BCUT2D eigenvalue weighted by molar-refractivity contribution is -0.145. The van der Waals surface area contributed by atoms with Gasteiger partial charge in [-0.25, -0.2) is 9.36 Å². The maximum absolute atomic E-state index is 14.7. The highest BCUT2D eigenvalue weighted by Gasteiger charge is 2.43. The summed E-state index contributed by atoms with van der Waals surface area (Å²) in [6, 6.07) is 11.0. The number of aryl methyl sites for hydroxylation is 4. The quantitative estimate of drug-likeness (QED) is 0.0743. The molecule has 4 aromatic rings. The predicted octanol–water partition coefficient (Wildman–Crippen LogP) is 2.31. The number of carbonyl (C=O) groups is 6. The molecule has 1 unspecified atom stereocenters. The Kier molecular flexibility index (Phi) is 17.8. The van der Waals surface area contributed by atoms with E-state index in [1.807, 2.05) is 24.3 Å². The van der Waals surface area contributed by atoms with E-state index in [2.05, 4.69) is 76.8 Å². The van der Waals surface area contributed by atoms with Gasteiger partial charge in [0, 0.05) is 26.2 Å². The Balaban J connectivity index is 0.898. The van der Waals surface area contributed by atoms with Crippen LogP contribution >= 0.6 is 0 Å². The summed E-state index contributed by atoms with van der Waals surface area (Å²) in [5, 5.41) is 36.3. The third kappa shape index (κ3) is 12.1. The van der Waals surface area contributed by atoms with Crippen molar-refractivity contribution in [3.63, 3.8) is 0 Å². The molecule has 2 aromatic carbocycles. The molecule has 414 valence electrons.